The van der Waals surface area contributed by atoms with Gasteiger partial charge in [-0.3, -0.25) is 4.79 Å². The molecule has 1 rings (SSSR count). The Kier molecular flexibility index (Phi) is 5.65. The van der Waals surface area contributed by atoms with Gasteiger partial charge in [-0.2, -0.15) is 0 Å². The van der Waals surface area contributed by atoms with Crippen molar-refractivity contribution >= 4 is 11.6 Å². The van der Waals surface area contributed by atoms with E-state index in [1.807, 2.05) is 46.1 Å². The number of anilines is 1. The molecular weight excluding hydrogens is 226 g/mol. The molecule has 1 aromatic carbocycles. The minimum atomic E-state index is 0.105. The molecule has 0 atom stereocenters. The van der Waals surface area contributed by atoms with Crippen molar-refractivity contribution in [3.8, 4) is 0 Å². The predicted molar refractivity (Wildman–Crippen MR) is 76.0 cm³/mol. The Balaban J connectivity index is 2.52. The van der Waals surface area contributed by atoms with Crippen molar-refractivity contribution in [2.75, 3.05) is 39.0 Å². The third kappa shape index (κ3) is 4.04. The van der Waals surface area contributed by atoms with E-state index in [0.29, 0.717) is 6.54 Å². The Hall–Kier alpha value is -1.55. The van der Waals surface area contributed by atoms with E-state index in [4.69, 9.17) is 0 Å². The first-order valence-electron chi connectivity index (χ1n) is 6.25. The van der Waals surface area contributed by atoms with E-state index in [1.165, 1.54) is 11.1 Å². The molecule has 0 aromatic heterocycles. The second-order valence-electron chi connectivity index (χ2n) is 4.54. The minimum Gasteiger partial charge on any atom is -0.376 e. The first kappa shape index (κ1) is 14.5. The number of aryl methyl sites for hydroxylation is 2. The number of benzene rings is 1. The van der Waals surface area contributed by atoms with Gasteiger partial charge in [0, 0.05) is 25.8 Å². The molecule has 0 radical (unpaired) electrons. The van der Waals surface area contributed by atoms with Crippen LogP contribution in [0.2, 0.25) is 0 Å². The lowest BCUT2D eigenvalue weighted by molar-refractivity contribution is -0.127. The molecule has 1 amide bonds. The summed E-state index contributed by atoms with van der Waals surface area (Å²) in [6.07, 6.45) is 0. The summed E-state index contributed by atoms with van der Waals surface area (Å²) in [7, 11) is 3.71. The SMILES string of the molecule is CNCCN(C)C(=O)CNc1c(C)cccc1C. The topological polar surface area (TPSA) is 44.4 Å². The molecule has 2 N–H and O–H groups in total. The maximum atomic E-state index is 11.9. The van der Waals surface area contributed by atoms with Crippen molar-refractivity contribution in [3.05, 3.63) is 29.3 Å². The molecule has 0 heterocycles. The van der Waals surface area contributed by atoms with Gasteiger partial charge in [-0.05, 0) is 32.0 Å². The van der Waals surface area contributed by atoms with Gasteiger partial charge in [0.15, 0.2) is 0 Å². The van der Waals surface area contributed by atoms with Crippen LogP contribution in [0.1, 0.15) is 11.1 Å². The van der Waals surface area contributed by atoms with Crippen LogP contribution in [0, 0.1) is 13.8 Å². The van der Waals surface area contributed by atoms with Crippen LogP contribution in [-0.2, 0) is 4.79 Å². The van der Waals surface area contributed by atoms with Gasteiger partial charge >= 0.3 is 0 Å². The number of para-hydroxylation sites is 1. The van der Waals surface area contributed by atoms with Gasteiger partial charge in [-0.1, -0.05) is 18.2 Å². The second kappa shape index (κ2) is 7.01. The number of hydrogen-bond donors (Lipinski definition) is 2. The number of rotatable bonds is 6. The fourth-order valence-corrected chi connectivity index (χ4v) is 1.80. The third-order valence-corrected chi connectivity index (χ3v) is 3.02. The molecule has 4 nitrogen and oxygen atoms in total. The molecule has 0 aliphatic rings. The van der Waals surface area contributed by atoms with Crippen molar-refractivity contribution in [1.29, 1.82) is 0 Å². The first-order chi connectivity index (χ1) is 8.56. The van der Waals surface area contributed by atoms with Crippen LogP contribution in [-0.4, -0.2) is 44.5 Å². The molecule has 0 bridgehead atoms. The zero-order valence-electron chi connectivity index (χ0n) is 11.7. The molecule has 0 saturated carbocycles. The van der Waals surface area contributed by atoms with Gasteiger partial charge < -0.3 is 15.5 Å². The lowest BCUT2D eigenvalue weighted by Gasteiger charge is -2.18. The summed E-state index contributed by atoms with van der Waals surface area (Å²) in [6, 6.07) is 6.12. The number of hydrogen-bond acceptors (Lipinski definition) is 3. The Morgan fingerprint density at radius 2 is 1.89 bits per heavy atom. The minimum absolute atomic E-state index is 0.105. The van der Waals surface area contributed by atoms with E-state index in [2.05, 4.69) is 10.6 Å². The standard InChI is InChI=1S/C14H23N3O/c1-11-6-5-7-12(2)14(11)16-10-13(18)17(4)9-8-15-3/h5-7,15-16H,8-10H2,1-4H3. The second-order valence-corrected chi connectivity index (χ2v) is 4.54. The van der Waals surface area contributed by atoms with E-state index < -0.39 is 0 Å². The molecule has 0 aliphatic carbocycles. The fourth-order valence-electron chi connectivity index (χ4n) is 1.80. The van der Waals surface area contributed by atoms with E-state index >= 15 is 0 Å². The summed E-state index contributed by atoms with van der Waals surface area (Å²) in [6.45, 7) is 5.97. The van der Waals surface area contributed by atoms with E-state index in [1.54, 1.807) is 4.90 Å². The zero-order chi connectivity index (χ0) is 13.5. The van der Waals surface area contributed by atoms with Crippen LogP contribution in [0.5, 0.6) is 0 Å². The van der Waals surface area contributed by atoms with Crippen molar-refractivity contribution in [3.63, 3.8) is 0 Å². The number of amides is 1. The van der Waals surface area contributed by atoms with Gasteiger partial charge in [0.2, 0.25) is 5.91 Å². The molecule has 0 saturated heterocycles. The Morgan fingerprint density at radius 1 is 1.28 bits per heavy atom. The molecule has 0 fully saturated rings. The van der Waals surface area contributed by atoms with Gasteiger partial charge in [0.05, 0.1) is 6.54 Å². The first-order valence-corrected chi connectivity index (χ1v) is 6.25. The van der Waals surface area contributed by atoms with Crippen LogP contribution < -0.4 is 10.6 Å². The smallest absolute Gasteiger partial charge is 0.241 e. The highest BCUT2D eigenvalue weighted by atomic mass is 16.2. The van der Waals surface area contributed by atoms with Gasteiger partial charge in [-0.25, -0.2) is 0 Å². The molecular formula is C14H23N3O. The molecule has 0 unspecified atom stereocenters. The highest BCUT2D eigenvalue weighted by Gasteiger charge is 2.09. The van der Waals surface area contributed by atoms with Gasteiger partial charge in [0.25, 0.3) is 0 Å². The van der Waals surface area contributed by atoms with E-state index in [-0.39, 0.29) is 5.91 Å². The quantitative estimate of drug-likeness (QED) is 0.801. The average molecular weight is 249 g/mol. The summed E-state index contributed by atoms with van der Waals surface area (Å²) in [5.74, 6) is 0.105. The van der Waals surface area contributed by atoms with Crippen LogP contribution in [0.25, 0.3) is 0 Å². The number of carbonyl (C=O) groups is 1. The van der Waals surface area contributed by atoms with E-state index in [0.717, 1.165) is 18.8 Å². The normalized spacial score (nSPS) is 10.2. The summed E-state index contributed by atoms with van der Waals surface area (Å²) >= 11 is 0. The highest BCUT2D eigenvalue weighted by molar-refractivity contribution is 5.81. The Labute approximate surface area is 109 Å². The maximum Gasteiger partial charge on any atom is 0.241 e. The van der Waals surface area contributed by atoms with Gasteiger partial charge in [0.1, 0.15) is 0 Å². The molecule has 100 valence electrons. The number of nitrogens with one attached hydrogen (secondary N) is 2. The predicted octanol–water partition coefficient (Wildman–Crippen LogP) is 1.39. The highest BCUT2D eigenvalue weighted by Crippen LogP contribution is 2.18. The third-order valence-electron chi connectivity index (χ3n) is 3.02. The number of likely N-dealkylation sites (N-methyl/N-ethyl adjacent to an activating group) is 2. The lowest BCUT2D eigenvalue weighted by atomic mass is 10.1. The summed E-state index contributed by atoms with van der Waals surface area (Å²) in [5, 5.41) is 6.26. The van der Waals surface area contributed by atoms with Crippen LogP contribution in [0.4, 0.5) is 5.69 Å². The number of nitrogens with zero attached hydrogens (tertiary/aromatic N) is 1. The maximum absolute atomic E-state index is 11.9. The van der Waals surface area contributed by atoms with Crippen LogP contribution in [0.3, 0.4) is 0 Å². The van der Waals surface area contributed by atoms with Gasteiger partial charge in [-0.15, -0.1) is 0 Å². The summed E-state index contributed by atoms with van der Waals surface area (Å²) < 4.78 is 0. The van der Waals surface area contributed by atoms with Crippen molar-refractivity contribution in [2.24, 2.45) is 0 Å². The Morgan fingerprint density at radius 3 is 2.44 bits per heavy atom. The summed E-state index contributed by atoms with van der Waals surface area (Å²) in [5.41, 5.74) is 3.40. The molecule has 18 heavy (non-hydrogen) atoms. The molecule has 1 aromatic rings. The Bertz CT molecular complexity index is 384. The van der Waals surface area contributed by atoms with Crippen LogP contribution >= 0.6 is 0 Å². The zero-order valence-corrected chi connectivity index (χ0v) is 11.7. The summed E-state index contributed by atoms with van der Waals surface area (Å²) in [4.78, 5) is 13.6. The van der Waals surface area contributed by atoms with Crippen molar-refractivity contribution in [2.45, 2.75) is 13.8 Å². The lowest BCUT2D eigenvalue weighted by Crippen LogP contribution is -2.36. The molecule has 4 heteroatoms. The average Bonchev–Trinajstić information content (AvgIpc) is 2.35. The molecule has 0 aliphatic heterocycles. The van der Waals surface area contributed by atoms with E-state index in [9.17, 15) is 4.79 Å². The van der Waals surface area contributed by atoms with Crippen molar-refractivity contribution < 1.29 is 4.79 Å². The van der Waals surface area contributed by atoms with Crippen LogP contribution in [0.15, 0.2) is 18.2 Å². The van der Waals surface area contributed by atoms with Crippen molar-refractivity contribution in [1.82, 2.24) is 10.2 Å². The fraction of sp³-hybridized carbons (Fsp3) is 0.500. The largest absolute Gasteiger partial charge is 0.376 e. The molecule has 0 spiro atoms. The monoisotopic (exact) mass is 249 g/mol. The number of carbonyl (C=O) groups excluding carboxylic acids is 1.